The van der Waals surface area contributed by atoms with Crippen LogP contribution in [0.1, 0.15) is 11.1 Å². The molecule has 138 valence electrons. The van der Waals surface area contributed by atoms with Crippen molar-refractivity contribution in [3.05, 3.63) is 81.9 Å². The molecule has 8 heteroatoms. The number of aliphatic hydroxyl groups is 2. The Morgan fingerprint density at radius 3 is 2.46 bits per heavy atom. The number of rotatable bonds is 4. The quantitative estimate of drug-likeness (QED) is 0.472. The SMILES string of the molecule is CN(CO)C1=C[N+]([O-])=C(c2ccccc2)c2cc(Cl)ccc2N1CO.Cl. The molecule has 0 aromatic heterocycles. The van der Waals surface area contributed by atoms with E-state index in [0.29, 0.717) is 27.8 Å². The maximum atomic E-state index is 12.9. The zero-order valence-corrected chi connectivity index (χ0v) is 15.6. The molecule has 1 aliphatic heterocycles. The summed E-state index contributed by atoms with van der Waals surface area (Å²) >= 11 is 6.17. The van der Waals surface area contributed by atoms with Gasteiger partial charge in [0.25, 0.3) is 0 Å². The van der Waals surface area contributed by atoms with E-state index < -0.39 is 0 Å². The number of hydroxylamine groups is 1. The van der Waals surface area contributed by atoms with E-state index in [0.717, 1.165) is 10.3 Å². The van der Waals surface area contributed by atoms with Crippen molar-refractivity contribution in [2.45, 2.75) is 0 Å². The first-order valence-corrected chi connectivity index (χ1v) is 8.05. The summed E-state index contributed by atoms with van der Waals surface area (Å²) in [6.45, 7) is -0.666. The normalized spacial score (nSPS) is 13.5. The summed E-state index contributed by atoms with van der Waals surface area (Å²) in [5.41, 5.74) is 2.36. The molecule has 1 heterocycles. The van der Waals surface area contributed by atoms with Gasteiger partial charge in [-0.3, -0.25) is 4.90 Å². The largest absolute Gasteiger partial charge is 0.618 e. The number of benzene rings is 2. The Morgan fingerprint density at radius 2 is 1.85 bits per heavy atom. The van der Waals surface area contributed by atoms with Gasteiger partial charge in [-0.05, 0) is 30.3 Å². The van der Waals surface area contributed by atoms with Crippen LogP contribution in [0.5, 0.6) is 0 Å². The van der Waals surface area contributed by atoms with Gasteiger partial charge in [-0.2, -0.15) is 4.74 Å². The molecule has 1 aliphatic rings. The lowest BCUT2D eigenvalue weighted by Gasteiger charge is -2.29. The van der Waals surface area contributed by atoms with Gasteiger partial charge >= 0.3 is 0 Å². The molecule has 0 amide bonds. The summed E-state index contributed by atoms with van der Waals surface area (Å²) in [4.78, 5) is 3.01. The molecular formula is C18H19Cl2N3O3. The number of aliphatic hydroxyl groups excluding tert-OH is 2. The summed E-state index contributed by atoms with van der Waals surface area (Å²) in [7, 11) is 1.63. The van der Waals surface area contributed by atoms with Crippen LogP contribution < -0.4 is 4.90 Å². The van der Waals surface area contributed by atoms with E-state index in [2.05, 4.69) is 0 Å². The highest BCUT2D eigenvalue weighted by molar-refractivity contribution is 6.31. The minimum atomic E-state index is -0.360. The molecule has 26 heavy (non-hydrogen) atoms. The predicted octanol–water partition coefficient (Wildman–Crippen LogP) is 2.56. The lowest BCUT2D eigenvalue weighted by Crippen LogP contribution is -2.35. The molecule has 2 aromatic carbocycles. The highest BCUT2D eigenvalue weighted by atomic mass is 35.5. The minimum Gasteiger partial charge on any atom is -0.618 e. The van der Waals surface area contributed by atoms with Crippen molar-refractivity contribution in [3.63, 3.8) is 0 Å². The van der Waals surface area contributed by atoms with Gasteiger partial charge in [0, 0.05) is 17.6 Å². The summed E-state index contributed by atoms with van der Waals surface area (Å²) < 4.78 is 0.738. The third kappa shape index (κ3) is 3.64. The highest BCUT2D eigenvalue weighted by Crippen LogP contribution is 2.32. The van der Waals surface area contributed by atoms with E-state index in [1.54, 1.807) is 30.1 Å². The molecular weight excluding hydrogens is 377 g/mol. The van der Waals surface area contributed by atoms with Crippen LogP contribution in [0.4, 0.5) is 5.69 Å². The number of fused-ring (bicyclic) bond motifs is 1. The van der Waals surface area contributed by atoms with E-state index >= 15 is 0 Å². The van der Waals surface area contributed by atoms with Gasteiger partial charge in [-0.15, -0.1) is 12.4 Å². The Labute approximate surface area is 162 Å². The number of anilines is 1. The molecule has 0 saturated carbocycles. The van der Waals surface area contributed by atoms with Crippen molar-refractivity contribution in [2.75, 3.05) is 25.4 Å². The Balaban J connectivity index is 0.00000243. The van der Waals surface area contributed by atoms with Crippen LogP contribution in [0.3, 0.4) is 0 Å². The summed E-state index contributed by atoms with van der Waals surface area (Å²) in [5, 5.41) is 32.8. The van der Waals surface area contributed by atoms with Crippen LogP contribution >= 0.6 is 24.0 Å². The van der Waals surface area contributed by atoms with Crippen LogP contribution in [0, 0.1) is 5.21 Å². The second kappa shape index (κ2) is 8.42. The predicted molar refractivity (Wildman–Crippen MR) is 104 cm³/mol. The summed E-state index contributed by atoms with van der Waals surface area (Å²) in [6, 6.07) is 14.4. The molecule has 0 unspecified atom stereocenters. The van der Waals surface area contributed by atoms with Crippen molar-refractivity contribution in [2.24, 2.45) is 0 Å². The first-order chi connectivity index (χ1) is 12.1. The third-order valence-electron chi connectivity index (χ3n) is 4.03. The standard InChI is InChI=1S/C18H18ClN3O3.ClH/c1-20(11-23)17-10-22(25)18(13-5-3-2-4-6-13)15-9-14(19)7-8-16(15)21(17)12-24;/h2-10,23-24H,11-12H2,1H3;1H. The maximum absolute atomic E-state index is 12.9. The second-order valence-electron chi connectivity index (χ2n) is 5.60. The average Bonchev–Trinajstić information content (AvgIpc) is 2.75. The van der Waals surface area contributed by atoms with Crippen LogP contribution in [0.15, 0.2) is 60.6 Å². The van der Waals surface area contributed by atoms with Crippen LogP contribution in [-0.4, -0.2) is 46.1 Å². The first kappa shape index (κ1) is 20.1. The molecule has 0 aliphatic carbocycles. The molecule has 0 spiro atoms. The van der Waals surface area contributed by atoms with Crippen LogP contribution in [-0.2, 0) is 0 Å². The fraction of sp³-hybridized carbons (Fsp3) is 0.167. The average molecular weight is 396 g/mol. The van der Waals surface area contributed by atoms with Crippen molar-refractivity contribution >= 4 is 35.4 Å². The first-order valence-electron chi connectivity index (χ1n) is 7.67. The number of nitrogens with zero attached hydrogens (tertiary/aromatic N) is 3. The fourth-order valence-electron chi connectivity index (χ4n) is 2.82. The molecule has 0 saturated heterocycles. The molecule has 3 rings (SSSR count). The second-order valence-corrected chi connectivity index (χ2v) is 6.03. The topological polar surface area (TPSA) is 73.0 Å². The molecule has 2 N–H and O–H groups in total. The van der Waals surface area contributed by atoms with E-state index in [1.807, 2.05) is 30.3 Å². The molecule has 0 atom stereocenters. The molecule has 0 fully saturated rings. The van der Waals surface area contributed by atoms with Gasteiger partial charge in [-0.25, -0.2) is 0 Å². The fourth-order valence-corrected chi connectivity index (χ4v) is 2.99. The molecule has 6 nitrogen and oxygen atoms in total. The number of hydrogen-bond donors (Lipinski definition) is 2. The van der Waals surface area contributed by atoms with Crippen molar-refractivity contribution in [3.8, 4) is 0 Å². The lowest BCUT2D eigenvalue weighted by atomic mass is 10.00. The Kier molecular flexibility index (Phi) is 6.50. The summed E-state index contributed by atoms with van der Waals surface area (Å²) in [5.74, 6) is 0.370. The van der Waals surface area contributed by atoms with Crippen LogP contribution in [0.25, 0.3) is 0 Å². The number of hydrogen-bond acceptors (Lipinski definition) is 5. The van der Waals surface area contributed by atoms with Gasteiger partial charge in [0.15, 0.2) is 5.82 Å². The van der Waals surface area contributed by atoms with Gasteiger partial charge in [0.1, 0.15) is 13.5 Å². The van der Waals surface area contributed by atoms with Gasteiger partial charge in [-0.1, -0.05) is 29.8 Å². The third-order valence-corrected chi connectivity index (χ3v) is 4.26. The van der Waals surface area contributed by atoms with E-state index in [4.69, 9.17) is 11.6 Å². The smallest absolute Gasteiger partial charge is 0.233 e. The molecule has 2 aromatic rings. The molecule has 0 radical (unpaired) electrons. The zero-order chi connectivity index (χ0) is 18.0. The lowest BCUT2D eigenvalue weighted by molar-refractivity contribution is -0.379. The van der Waals surface area contributed by atoms with E-state index in [1.165, 1.54) is 11.1 Å². The molecule has 0 bridgehead atoms. The van der Waals surface area contributed by atoms with E-state index in [-0.39, 0.29) is 25.9 Å². The Hall–Kier alpha value is -2.25. The van der Waals surface area contributed by atoms with Gasteiger partial charge < -0.3 is 20.3 Å². The van der Waals surface area contributed by atoms with Crippen molar-refractivity contribution in [1.29, 1.82) is 0 Å². The highest BCUT2D eigenvalue weighted by Gasteiger charge is 2.29. The van der Waals surface area contributed by atoms with Crippen molar-refractivity contribution in [1.82, 2.24) is 4.90 Å². The minimum absolute atomic E-state index is 0. The van der Waals surface area contributed by atoms with Gasteiger partial charge in [0.05, 0.1) is 11.3 Å². The van der Waals surface area contributed by atoms with E-state index in [9.17, 15) is 15.4 Å². The summed E-state index contributed by atoms with van der Waals surface area (Å²) in [6.07, 6.45) is 1.34. The Bertz CT molecular complexity index is 841. The zero-order valence-electron chi connectivity index (χ0n) is 14.0. The van der Waals surface area contributed by atoms with Crippen molar-refractivity contribution < 1.29 is 15.0 Å². The monoisotopic (exact) mass is 395 g/mol. The van der Waals surface area contributed by atoms with Crippen LogP contribution in [0.2, 0.25) is 5.02 Å². The number of halogens is 2. The maximum Gasteiger partial charge on any atom is 0.233 e. The Morgan fingerprint density at radius 1 is 1.15 bits per heavy atom. The van der Waals surface area contributed by atoms with Gasteiger partial charge in [0.2, 0.25) is 11.9 Å².